The van der Waals surface area contributed by atoms with Crippen molar-refractivity contribution < 1.29 is 4.79 Å². The van der Waals surface area contributed by atoms with Crippen molar-refractivity contribution in [2.24, 2.45) is 0 Å². The number of benzene rings is 1. The van der Waals surface area contributed by atoms with Crippen LogP contribution in [0, 0.1) is 0 Å². The molecule has 7 nitrogen and oxygen atoms in total. The van der Waals surface area contributed by atoms with Gasteiger partial charge in [0.25, 0.3) is 0 Å². The minimum absolute atomic E-state index is 0.104. The standard InChI is InChI=1S/C19H18N6O/c1-13(14-7-3-2-4-8-14)21-19(26)22-17-11-16-15(12-20-17)18(24-23-16)25-9-5-6-10-25/h2-13H,1H3,(H,23,24)(H2,20,21,22,26). The van der Waals surface area contributed by atoms with Crippen LogP contribution in [0.3, 0.4) is 0 Å². The minimum Gasteiger partial charge on any atom is -0.331 e. The molecular weight excluding hydrogens is 328 g/mol. The Morgan fingerprint density at radius 3 is 2.69 bits per heavy atom. The van der Waals surface area contributed by atoms with E-state index in [0.717, 1.165) is 22.3 Å². The number of nitrogens with one attached hydrogen (secondary N) is 3. The third-order valence-corrected chi connectivity index (χ3v) is 4.16. The SMILES string of the molecule is CC(NC(=O)Nc1cc2[nH]nc(-n3cccc3)c2cn1)c1ccccc1. The van der Waals surface area contributed by atoms with Crippen LogP contribution in [0.5, 0.6) is 0 Å². The fourth-order valence-electron chi connectivity index (χ4n) is 2.81. The lowest BCUT2D eigenvalue weighted by Crippen LogP contribution is -2.31. The van der Waals surface area contributed by atoms with Crippen LogP contribution in [0.25, 0.3) is 16.7 Å². The maximum absolute atomic E-state index is 12.2. The van der Waals surface area contributed by atoms with Gasteiger partial charge in [-0.1, -0.05) is 30.3 Å². The van der Waals surface area contributed by atoms with E-state index in [1.165, 1.54) is 0 Å². The molecule has 0 aliphatic heterocycles. The largest absolute Gasteiger partial charge is 0.331 e. The van der Waals surface area contributed by atoms with Gasteiger partial charge in [0.2, 0.25) is 0 Å². The highest BCUT2D eigenvalue weighted by Gasteiger charge is 2.12. The summed E-state index contributed by atoms with van der Waals surface area (Å²) < 4.78 is 1.90. The van der Waals surface area contributed by atoms with Crippen LogP contribution in [0.15, 0.2) is 67.1 Å². The van der Waals surface area contributed by atoms with E-state index in [9.17, 15) is 4.79 Å². The van der Waals surface area contributed by atoms with Crippen LogP contribution in [0.4, 0.5) is 10.6 Å². The van der Waals surface area contributed by atoms with Gasteiger partial charge in [-0.2, -0.15) is 5.10 Å². The molecule has 26 heavy (non-hydrogen) atoms. The van der Waals surface area contributed by atoms with E-state index in [1.54, 1.807) is 12.3 Å². The molecule has 1 aromatic carbocycles. The fraction of sp³-hybridized carbons (Fsp3) is 0.105. The molecule has 0 saturated carbocycles. The van der Waals surface area contributed by atoms with Crippen LogP contribution in [0.2, 0.25) is 0 Å². The number of carbonyl (C=O) groups is 1. The first-order valence-electron chi connectivity index (χ1n) is 8.30. The number of amides is 2. The lowest BCUT2D eigenvalue weighted by atomic mass is 10.1. The Hall–Kier alpha value is -3.61. The zero-order chi connectivity index (χ0) is 17.9. The third kappa shape index (κ3) is 3.14. The van der Waals surface area contributed by atoms with E-state index < -0.39 is 0 Å². The Kier molecular flexibility index (Phi) is 4.10. The van der Waals surface area contributed by atoms with Crippen molar-refractivity contribution in [1.82, 2.24) is 25.1 Å². The summed E-state index contributed by atoms with van der Waals surface area (Å²) in [6.45, 7) is 1.93. The minimum atomic E-state index is -0.307. The molecular formula is C19H18N6O. The summed E-state index contributed by atoms with van der Waals surface area (Å²) in [5, 5.41) is 13.8. The zero-order valence-corrected chi connectivity index (χ0v) is 14.2. The predicted molar refractivity (Wildman–Crippen MR) is 100 cm³/mol. The summed E-state index contributed by atoms with van der Waals surface area (Å²) in [6.07, 6.45) is 5.53. The van der Waals surface area contributed by atoms with E-state index in [1.807, 2.05) is 66.3 Å². The Balaban J connectivity index is 1.48. The van der Waals surface area contributed by atoms with Crippen molar-refractivity contribution in [3.8, 4) is 5.82 Å². The van der Waals surface area contributed by atoms with Crippen molar-refractivity contribution in [1.29, 1.82) is 0 Å². The van der Waals surface area contributed by atoms with Crippen LogP contribution in [0.1, 0.15) is 18.5 Å². The van der Waals surface area contributed by atoms with Gasteiger partial charge in [0.05, 0.1) is 16.9 Å². The number of carbonyl (C=O) groups excluding carboxylic acids is 1. The maximum atomic E-state index is 12.2. The van der Waals surface area contributed by atoms with Gasteiger partial charge in [-0.25, -0.2) is 9.78 Å². The number of fused-ring (bicyclic) bond motifs is 1. The first-order valence-corrected chi connectivity index (χ1v) is 8.30. The molecule has 0 aliphatic carbocycles. The van der Waals surface area contributed by atoms with Gasteiger partial charge in [-0.3, -0.25) is 10.4 Å². The number of rotatable bonds is 4. The molecule has 0 aliphatic rings. The van der Waals surface area contributed by atoms with E-state index in [2.05, 4.69) is 25.8 Å². The molecule has 3 aromatic heterocycles. The molecule has 2 amide bonds. The van der Waals surface area contributed by atoms with E-state index in [4.69, 9.17) is 0 Å². The molecule has 0 radical (unpaired) electrons. The average molecular weight is 346 g/mol. The smallest absolute Gasteiger partial charge is 0.320 e. The van der Waals surface area contributed by atoms with Crippen molar-refractivity contribution in [3.05, 3.63) is 72.7 Å². The molecule has 4 aromatic rings. The van der Waals surface area contributed by atoms with Gasteiger partial charge in [-0.05, 0) is 24.6 Å². The maximum Gasteiger partial charge on any atom is 0.320 e. The van der Waals surface area contributed by atoms with Crippen molar-refractivity contribution in [2.75, 3.05) is 5.32 Å². The average Bonchev–Trinajstić information content (AvgIpc) is 3.31. The van der Waals surface area contributed by atoms with Crippen LogP contribution >= 0.6 is 0 Å². The second-order valence-electron chi connectivity index (χ2n) is 5.98. The van der Waals surface area contributed by atoms with Gasteiger partial charge >= 0.3 is 6.03 Å². The summed E-state index contributed by atoms with van der Waals surface area (Å²) in [6, 6.07) is 15.0. The summed E-state index contributed by atoms with van der Waals surface area (Å²) in [7, 11) is 0. The molecule has 0 bridgehead atoms. The van der Waals surface area contributed by atoms with Crippen molar-refractivity contribution >= 4 is 22.8 Å². The first kappa shape index (κ1) is 15.9. The summed E-state index contributed by atoms with van der Waals surface area (Å²) in [4.78, 5) is 16.6. The number of anilines is 1. The van der Waals surface area contributed by atoms with Crippen molar-refractivity contribution in [3.63, 3.8) is 0 Å². The van der Waals surface area contributed by atoms with Gasteiger partial charge in [0.15, 0.2) is 5.82 Å². The fourth-order valence-corrected chi connectivity index (χ4v) is 2.81. The number of hydrogen-bond donors (Lipinski definition) is 3. The lowest BCUT2D eigenvalue weighted by molar-refractivity contribution is 0.249. The van der Waals surface area contributed by atoms with E-state index in [-0.39, 0.29) is 12.1 Å². The molecule has 4 rings (SSSR count). The number of pyridine rings is 1. The predicted octanol–water partition coefficient (Wildman–Crippen LogP) is 3.63. The van der Waals surface area contributed by atoms with Crippen LogP contribution in [-0.4, -0.2) is 25.8 Å². The topological polar surface area (TPSA) is 87.6 Å². The summed E-state index contributed by atoms with van der Waals surface area (Å²) >= 11 is 0. The number of H-pyrrole nitrogens is 1. The molecule has 3 N–H and O–H groups in total. The Labute approximate surface area is 150 Å². The number of urea groups is 1. The number of hydrogen-bond acceptors (Lipinski definition) is 3. The Morgan fingerprint density at radius 2 is 1.92 bits per heavy atom. The molecule has 0 fully saturated rings. The second-order valence-corrected chi connectivity index (χ2v) is 5.98. The second kappa shape index (κ2) is 6.72. The molecule has 3 heterocycles. The molecule has 7 heteroatoms. The van der Waals surface area contributed by atoms with Gasteiger partial charge in [0.1, 0.15) is 5.82 Å². The van der Waals surface area contributed by atoms with Crippen LogP contribution < -0.4 is 10.6 Å². The van der Waals surface area contributed by atoms with E-state index >= 15 is 0 Å². The van der Waals surface area contributed by atoms with Crippen LogP contribution in [-0.2, 0) is 0 Å². The Morgan fingerprint density at radius 1 is 1.15 bits per heavy atom. The third-order valence-electron chi connectivity index (χ3n) is 4.16. The molecule has 0 spiro atoms. The monoisotopic (exact) mass is 346 g/mol. The number of aromatic nitrogens is 4. The molecule has 0 saturated heterocycles. The molecule has 1 atom stereocenters. The zero-order valence-electron chi connectivity index (χ0n) is 14.2. The Bertz CT molecular complexity index is 1020. The lowest BCUT2D eigenvalue weighted by Gasteiger charge is -2.14. The molecule has 1 unspecified atom stereocenters. The number of aromatic amines is 1. The number of nitrogens with zero attached hydrogens (tertiary/aromatic N) is 3. The highest BCUT2D eigenvalue weighted by Crippen LogP contribution is 2.21. The molecule has 130 valence electrons. The van der Waals surface area contributed by atoms with Crippen molar-refractivity contribution in [2.45, 2.75) is 13.0 Å². The highest BCUT2D eigenvalue weighted by molar-refractivity contribution is 5.92. The van der Waals surface area contributed by atoms with Gasteiger partial charge in [0, 0.05) is 24.7 Å². The quantitative estimate of drug-likeness (QED) is 0.527. The summed E-state index contributed by atoms with van der Waals surface area (Å²) in [5.41, 5.74) is 1.84. The van der Waals surface area contributed by atoms with Gasteiger partial charge in [-0.15, -0.1) is 0 Å². The van der Waals surface area contributed by atoms with E-state index in [0.29, 0.717) is 5.82 Å². The van der Waals surface area contributed by atoms with Gasteiger partial charge < -0.3 is 9.88 Å². The first-order chi connectivity index (χ1) is 12.7. The normalized spacial score (nSPS) is 12.0. The highest BCUT2D eigenvalue weighted by atomic mass is 16.2. The summed E-state index contributed by atoms with van der Waals surface area (Å²) in [5.74, 6) is 1.23.